The number of aliphatic hydroxyl groups is 1. The van der Waals surface area contributed by atoms with Crippen LogP contribution in [0.15, 0.2) is 12.2 Å². The minimum absolute atomic E-state index is 0.779. The van der Waals surface area contributed by atoms with Gasteiger partial charge < -0.3 is 10.2 Å². The van der Waals surface area contributed by atoms with Gasteiger partial charge in [0.2, 0.25) is 0 Å². The maximum Gasteiger partial charge on any atom is 0.375 e. The highest BCUT2D eigenvalue weighted by Crippen LogP contribution is 2.12. The summed E-state index contributed by atoms with van der Waals surface area (Å²) in [4.78, 5) is 21.2. The summed E-state index contributed by atoms with van der Waals surface area (Å²) in [5, 5.41) is 17.7. The van der Waals surface area contributed by atoms with Crippen LogP contribution in [-0.2, 0) is 9.59 Å². The SMILES string of the molecule is CCCCCCCCCCCCCC=CC(O)C(=O)C(=O)O. The van der Waals surface area contributed by atoms with Crippen molar-refractivity contribution in [1.29, 1.82) is 0 Å². The molecular formula is C18H32O4. The first kappa shape index (κ1) is 20.8. The van der Waals surface area contributed by atoms with Crippen molar-refractivity contribution in [3.05, 3.63) is 12.2 Å². The number of rotatable bonds is 15. The number of hydrogen-bond acceptors (Lipinski definition) is 3. The zero-order chi connectivity index (χ0) is 16.6. The molecule has 4 nitrogen and oxygen atoms in total. The molecule has 0 amide bonds. The third-order valence-electron chi connectivity index (χ3n) is 3.77. The zero-order valence-corrected chi connectivity index (χ0v) is 13.9. The quantitative estimate of drug-likeness (QED) is 0.269. The maximum absolute atomic E-state index is 10.9. The molecule has 0 bridgehead atoms. The van der Waals surface area contributed by atoms with Crippen molar-refractivity contribution in [1.82, 2.24) is 0 Å². The maximum atomic E-state index is 10.9. The first-order chi connectivity index (χ1) is 10.6. The molecule has 0 aromatic carbocycles. The van der Waals surface area contributed by atoms with Gasteiger partial charge in [0.25, 0.3) is 5.78 Å². The molecule has 0 aliphatic heterocycles. The van der Waals surface area contributed by atoms with Gasteiger partial charge in [-0.25, -0.2) is 4.79 Å². The number of aliphatic hydroxyl groups excluding tert-OH is 1. The zero-order valence-electron chi connectivity index (χ0n) is 13.9. The van der Waals surface area contributed by atoms with E-state index in [0.717, 1.165) is 19.3 Å². The molecular weight excluding hydrogens is 280 g/mol. The van der Waals surface area contributed by atoms with Gasteiger partial charge in [0.05, 0.1) is 0 Å². The van der Waals surface area contributed by atoms with Crippen molar-refractivity contribution < 1.29 is 19.8 Å². The van der Waals surface area contributed by atoms with Crippen LogP contribution in [0.2, 0.25) is 0 Å². The Kier molecular flexibility index (Phi) is 14.0. The fourth-order valence-electron chi connectivity index (χ4n) is 2.37. The summed E-state index contributed by atoms with van der Waals surface area (Å²) >= 11 is 0. The number of carbonyl (C=O) groups is 2. The summed E-state index contributed by atoms with van der Waals surface area (Å²) in [7, 11) is 0. The highest BCUT2D eigenvalue weighted by Gasteiger charge is 2.18. The van der Waals surface area contributed by atoms with Gasteiger partial charge in [-0.3, -0.25) is 4.79 Å². The van der Waals surface area contributed by atoms with Gasteiger partial charge in [-0.1, -0.05) is 83.3 Å². The molecule has 2 N–H and O–H groups in total. The summed E-state index contributed by atoms with van der Waals surface area (Å²) in [6.45, 7) is 2.24. The topological polar surface area (TPSA) is 74.6 Å². The lowest BCUT2D eigenvalue weighted by molar-refractivity contribution is -0.152. The Morgan fingerprint density at radius 2 is 1.32 bits per heavy atom. The second-order valence-electron chi connectivity index (χ2n) is 5.87. The average molecular weight is 312 g/mol. The standard InChI is InChI=1S/C18H32O4/c1-2-3-4-5-6-7-8-9-10-11-12-13-14-15-16(19)17(20)18(21)22/h14-16,19H,2-13H2,1H3,(H,21,22). The summed E-state index contributed by atoms with van der Waals surface area (Å²) in [5.41, 5.74) is 0. The summed E-state index contributed by atoms with van der Waals surface area (Å²) in [5.74, 6) is -2.76. The van der Waals surface area contributed by atoms with Crippen molar-refractivity contribution in [3.63, 3.8) is 0 Å². The van der Waals surface area contributed by atoms with Crippen LogP contribution < -0.4 is 0 Å². The van der Waals surface area contributed by atoms with Crippen LogP contribution in [0.3, 0.4) is 0 Å². The van der Waals surface area contributed by atoms with E-state index in [1.54, 1.807) is 6.08 Å². The molecule has 0 aromatic heterocycles. The molecule has 1 unspecified atom stereocenters. The fraction of sp³-hybridized carbons (Fsp3) is 0.778. The molecule has 128 valence electrons. The van der Waals surface area contributed by atoms with Crippen LogP contribution in [0.1, 0.15) is 84.0 Å². The van der Waals surface area contributed by atoms with E-state index < -0.39 is 17.9 Å². The molecule has 0 heterocycles. The van der Waals surface area contributed by atoms with Crippen LogP contribution in [0.5, 0.6) is 0 Å². The Balaban J connectivity index is 3.33. The monoisotopic (exact) mass is 312 g/mol. The second-order valence-corrected chi connectivity index (χ2v) is 5.87. The lowest BCUT2D eigenvalue weighted by Gasteiger charge is -2.02. The number of ketones is 1. The van der Waals surface area contributed by atoms with E-state index in [2.05, 4.69) is 6.92 Å². The fourth-order valence-corrected chi connectivity index (χ4v) is 2.37. The first-order valence-corrected chi connectivity index (χ1v) is 8.71. The van der Waals surface area contributed by atoms with E-state index >= 15 is 0 Å². The number of aliphatic carboxylic acids is 1. The van der Waals surface area contributed by atoms with Gasteiger partial charge in [0.15, 0.2) is 0 Å². The Hall–Kier alpha value is -1.16. The number of hydrogen-bond donors (Lipinski definition) is 2. The molecule has 0 fully saturated rings. The van der Waals surface area contributed by atoms with Crippen molar-refractivity contribution >= 4 is 11.8 Å². The number of carboxylic acids is 1. The van der Waals surface area contributed by atoms with Crippen LogP contribution >= 0.6 is 0 Å². The highest BCUT2D eigenvalue weighted by atomic mass is 16.4. The average Bonchev–Trinajstić information content (AvgIpc) is 2.50. The van der Waals surface area contributed by atoms with Gasteiger partial charge >= 0.3 is 5.97 Å². The van der Waals surface area contributed by atoms with Gasteiger partial charge in [0, 0.05) is 0 Å². The van der Waals surface area contributed by atoms with Gasteiger partial charge in [-0.2, -0.15) is 0 Å². The van der Waals surface area contributed by atoms with Crippen molar-refractivity contribution in [2.24, 2.45) is 0 Å². The smallest absolute Gasteiger partial charge is 0.375 e. The van der Waals surface area contributed by atoms with Crippen molar-refractivity contribution in [3.8, 4) is 0 Å². The Morgan fingerprint density at radius 3 is 1.77 bits per heavy atom. The molecule has 0 radical (unpaired) electrons. The minimum Gasteiger partial charge on any atom is -0.475 e. The Labute approximate surface area is 134 Å². The van der Waals surface area contributed by atoms with E-state index in [1.165, 1.54) is 63.9 Å². The minimum atomic E-state index is -1.59. The van der Waals surface area contributed by atoms with E-state index in [1.807, 2.05) is 0 Å². The predicted molar refractivity (Wildman–Crippen MR) is 88.9 cm³/mol. The molecule has 0 aliphatic rings. The molecule has 0 saturated carbocycles. The lowest BCUT2D eigenvalue weighted by Crippen LogP contribution is -2.26. The summed E-state index contributed by atoms with van der Waals surface area (Å²) in [6, 6.07) is 0. The molecule has 0 aromatic rings. The second kappa shape index (κ2) is 14.8. The van der Waals surface area contributed by atoms with Crippen LogP contribution in [-0.4, -0.2) is 28.1 Å². The van der Waals surface area contributed by atoms with Crippen LogP contribution in [0, 0.1) is 0 Å². The summed E-state index contributed by atoms with van der Waals surface area (Å²) < 4.78 is 0. The molecule has 0 spiro atoms. The van der Waals surface area contributed by atoms with Crippen LogP contribution in [0.4, 0.5) is 0 Å². The number of carboxylic acid groups (broad SMARTS) is 1. The Bertz CT molecular complexity index is 323. The third kappa shape index (κ3) is 12.6. The van der Waals surface area contributed by atoms with Gasteiger partial charge in [-0.15, -0.1) is 0 Å². The number of allylic oxidation sites excluding steroid dienone is 1. The van der Waals surface area contributed by atoms with E-state index in [0.29, 0.717) is 0 Å². The molecule has 0 saturated heterocycles. The Morgan fingerprint density at radius 1 is 0.864 bits per heavy atom. The molecule has 0 rings (SSSR count). The first-order valence-electron chi connectivity index (χ1n) is 8.71. The third-order valence-corrected chi connectivity index (χ3v) is 3.77. The predicted octanol–water partition coefficient (Wildman–Crippen LogP) is 4.26. The van der Waals surface area contributed by atoms with E-state index in [4.69, 9.17) is 5.11 Å². The van der Waals surface area contributed by atoms with Crippen LogP contribution in [0.25, 0.3) is 0 Å². The molecule has 22 heavy (non-hydrogen) atoms. The number of carbonyl (C=O) groups excluding carboxylic acids is 1. The number of unbranched alkanes of at least 4 members (excludes halogenated alkanes) is 11. The van der Waals surface area contributed by atoms with Gasteiger partial charge in [0.1, 0.15) is 6.10 Å². The number of Topliss-reactive ketones (excluding diaryl/α,β-unsaturated/α-hetero) is 1. The van der Waals surface area contributed by atoms with Gasteiger partial charge in [-0.05, 0) is 12.8 Å². The normalized spacial score (nSPS) is 12.6. The largest absolute Gasteiger partial charge is 0.475 e. The van der Waals surface area contributed by atoms with Crippen molar-refractivity contribution in [2.45, 2.75) is 90.1 Å². The summed E-state index contributed by atoms with van der Waals surface area (Å²) in [6.07, 6.45) is 16.3. The van der Waals surface area contributed by atoms with E-state index in [-0.39, 0.29) is 0 Å². The van der Waals surface area contributed by atoms with Crippen molar-refractivity contribution in [2.75, 3.05) is 0 Å². The van der Waals surface area contributed by atoms with E-state index in [9.17, 15) is 14.7 Å². The molecule has 0 aliphatic carbocycles. The molecule has 1 atom stereocenters. The highest BCUT2D eigenvalue weighted by molar-refractivity contribution is 6.34. The molecule has 4 heteroatoms. The lowest BCUT2D eigenvalue weighted by atomic mass is 10.1.